The number of carbonyl (C=O) groups is 1. The fourth-order valence-corrected chi connectivity index (χ4v) is 1.89. The van der Waals surface area contributed by atoms with Crippen molar-refractivity contribution in [3.63, 3.8) is 0 Å². The number of benzene rings is 2. The number of aromatic nitrogens is 1. The number of aryl methyl sites for hydroxylation is 1. The minimum absolute atomic E-state index is 0.222. The van der Waals surface area contributed by atoms with Gasteiger partial charge in [-0.15, -0.1) is 0 Å². The zero-order valence-corrected chi connectivity index (χ0v) is 10.7. The Labute approximate surface area is 114 Å². The van der Waals surface area contributed by atoms with Crippen LogP contribution in [0.3, 0.4) is 0 Å². The first-order chi connectivity index (χ1) is 9.61. The minimum atomic E-state index is -0.962. The summed E-state index contributed by atoms with van der Waals surface area (Å²) in [6.07, 6.45) is 0. The first-order valence-corrected chi connectivity index (χ1v) is 6.00. The van der Waals surface area contributed by atoms with Crippen LogP contribution in [0.4, 0.5) is 0 Å². The number of ether oxygens (including phenoxy) is 1. The Morgan fingerprint density at radius 1 is 1.15 bits per heavy atom. The molecule has 20 heavy (non-hydrogen) atoms. The molecule has 3 aromatic rings. The Bertz CT molecular complexity index is 774. The van der Waals surface area contributed by atoms with Crippen molar-refractivity contribution in [2.45, 2.75) is 6.92 Å². The highest BCUT2D eigenvalue weighted by Gasteiger charge is 2.06. The lowest BCUT2D eigenvalue weighted by Gasteiger charge is -2.05. The van der Waals surface area contributed by atoms with E-state index in [1.54, 1.807) is 37.3 Å². The summed E-state index contributed by atoms with van der Waals surface area (Å²) in [5.41, 5.74) is 1.65. The molecule has 0 radical (unpaired) electrons. The van der Waals surface area contributed by atoms with Gasteiger partial charge in [-0.05, 0) is 36.4 Å². The van der Waals surface area contributed by atoms with Gasteiger partial charge in [0.05, 0.1) is 5.56 Å². The maximum Gasteiger partial charge on any atom is 0.335 e. The minimum Gasteiger partial charge on any atom is -0.478 e. The van der Waals surface area contributed by atoms with Crippen molar-refractivity contribution in [2.24, 2.45) is 0 Å². The van der Waals surface area contributed by atoms with Crippen molar-refractivity contribution in [3.05, 3.63) is 53.9 Å². The van der Waals surface area contributed by atoms with E-state index >= 15 is 0 Å². The van der Waals surface area contributed by atoms with E-state index in [0.717, 1.165) is 5.52 Å². The largest absolute Gasteiger partial charge is 0.478 e. The molecule has 2 aromatic carbocycles. The standard InChI is InChI=1S/C15H11NO4/c1-9-16-13-8-12(6-7-14(13)19-9)20-11-4-2-10(3-5-11)15(17)18/h2-8H,1H3,(H,17,18). The summed E-state index contributed by atoms with van der Waals surface area (Å²) in [6.45, 7) is 1.78. The lowest BCUT2D eigenvalue weighted by Crippen LogP contribution is -1.95. The first-order valence-electron chi connectivity index (χ1n) is 6.00. The van der Waals surface area contributed by atoms with Gasteiger partial charge in [0, 0.05) is 13.0 Å². The van der Waals surface area contributed by atoms with Crippen LogP contribution in [0.2, 0.25) is 0 Å². The monoisotopic (exact) mass is 269 g/mol. The maximum absolute atomic E-state index is 10.8. The van der Waals surface area contributed by atoms with Gasteiger partial charge in [0.1, 0.15) is 17.0 Å². The number of nitrogens with zero attached hydrogens (tertiary/aromatic N) is 1. The van der Waals surface area contributed by atoms with Crippen molar-refractivity contribution in [2.75, 3.05) is 0 Å². The predicted molar refractivity (Wildman–Crippen MR) is 72.2 cm³/mol. The molecule has 3 rings (SSSR count). The molecule has 5 heteroatoms. The SMILES string of the molecule is Cc1nc2cc(Oc3ccc(C(=O)O)cc3)ccc2o1. The smallest absolute Gasteiger partial charge is 0.335 e. The van der Waals surface area contributed by atoms with Gasteiger partial charge < -0.3 is 14.3 Å². The molecule has 0 saturated carbocycles. The molecule has 0 bridgehead atoms. The highest BCUT2D eigenvalue weighted by molar-refractivity contribution is 5.87. The Balaban J connectivity index is 1.86. The number of carboxylic acid groups (broad SMARTS) is 1. The third-order valence-corrected chi connectivity index (χ3v) is 2.80. The Kier molecular flexibility index (Phi) is 2.87. The molecule has 0 aliphatic carbocycles. The summed E-state index contributed by atoms with van der Waals surface area (Å²) in [5.74, 6) is 0.822. The number of aromatic carboxylic acids is 1. The molecular formula is C15H11NO4. The van der Waals surface area contributed by atoms with Gasteiger partial charge in [-0.1, -0.05) is 0 Å². The van der Waals surface area contributed by atoms with E-state index in [1.807, 2.05) is 0 Å². The third kappa shape index (κ3) is 2.33. The van der Waals surface area contributed by atoms with Crippen molar-refractivity contribution in [3.8, 4) is 11.5 Å². The molecule has 0 aliphatic heterocycles. The molecule has 100 valence electrons. The van der Waals surface area contributed by atoms with E-state index in [0.29, 0.717) is 23.0 Å². The highest BCUT2D eigenvalue weighted by atomic mass is 16.5. The lowest BCUT2D eigenvalue weighted by molar-refractivity contribution is 0.0697. The molecule has 0 aliphatic rings. The summed E-state index contributed by atoms with van der Waals surface area (Å²) in [5, 5.41) is 8.83. The van der Waals surface area contributed by atoms with Gasteiger partial charge in [-0.2, -0.15) is 0 Å². The predicted octanol–water partition coefficient (Wildman–Crippen LogP) is 3.63. The highest BCUT2D eigenvalue weighted by Crippen LogP contribution is 2.26. The Morgan fingerprint density at radius 3 is 2.55 bits per heavy atom. The molecule has 0 atom stereocenters. The van der Waals surface area contributed by atoms with Crippen molar-refractivity contribution in [1.82, 2.24) is 4.98 Å². The van der Waals surface area contributed by atoms with Gasteiger partial charge in [0.15, 0.2) is 11.5 Å². The molecule has 0 saturated heterocycles. The zero-order valence-electron chi connectivity index (χ0n) is 10.7. The summed E-state index contributed by atoms with van der Waals surface area (Å²) in [4.78, 5) is 15.0. The van der Waals surface area contributed by atoms with E-state index in [-0.39, 0.29) is 5.56 Å². The van der Waals surface area contributed by atoms with E-state index in [4.69, 9.17) is 14.3 Å². The fraction of sp³-hybridized carbons (Fsp3) is 0.0667. The average Bonchev–Trinajstić information content (AvgIpc) is 2.78. The normalized spacial score (nSPS) is 10.7. The molecule has 1 N–H and O–H groups in total. The molecular weight excluding hydrogens is 258 g/mol. The molecule has 1 heterocycles. The van der Waals surface area contributed by atoms with E-state index < -0.39 is 5.97 Å². The van der Waals surface area contributed by atoms with E-state index in [1.165, 1.54) is 12.1 Å². The van der Waals surface area contributed by atoms with Crippen LogP contribution >= 0.6 is 0 Å². The Hall–Kier alpha value is -2.82. The fourth-order valence-electron chi connectivity index (χ4n) is 1.89. The van der Waals surface area contributed by atoms with Crippen LogP contribution < -0.4 is 4.74 Å². The van der Waals surface area contributed by atoms with Crippen molar-refractivity contribution < 1.29 is 19.1 Å². The van der Waals surface area contributed by atoms with Gasteiger partial charge in [0.25, 0.3) is 0 Å². The molecule has 0 amide bonds. The van der Waals surface area contributed by atoms with E-state index in [2.05, 4.69) is 4.98 Å². The number of hydrogen-bond acceptors (Lipinski definition) is 4. The average molecular weight is 269 g/mol. The number of carboxylic acids is 1. The van der Waals surface area contributed by atoms with Gasteiger partial charge in [-0.25, -0.2) is 9.78 Å². The Morgan fingerprint density at radius 2 is 1.85 bits per heavy atom. The topological polar surface area (TPSA) is 72.6 Å². The quantitative estimate of drug-likeness (QED) is 0.786. The van der Waals surface area contributed by atoms with Crippen LogP contribution in [0.15, 0.2) is 46.9 Å². The van der Waals surface area contributed by atoms with Crippen LogP contribution in [0.25, 0.3) is 11.1 Å². The number of oxazole rings is 1. The maximum atomic E-state index is 10.8. The van der Waals surface area contributed by atoms with Gasteiger partial charge in [0.2, 0.25) is 0 Å². The zero-order chi connectivity index (χ0) is 14.1. The summed E-state index contributed by atoms with van der Waals surface area (Å²) >= 11 is 0. The molecule has 1 aromatic heterocycles. The second kappa shape index (κ2) is 4.70. The van der Waals surface area contributed by atoms with Crippen LogP contribution in [0, 0.1) is 6.92 Å². The summed E-state index contributed by atoms with van der Waals surface area (Å²) in [7, 11) is 0. The number of fused-ring (bicyclic) bond motifs is 1. The molecule has 0 fully saturated rings. The van der Waals surface area contributed by atoms with Gasteiger partial charge in [-0.3, -0.25) is 0 Å². The second-order valence-electron chi connectivity index (χ2n) is 4.29. The molecule has 0 unspecified atom stereocenters. The summed E-state index contributed by atoms with van der Waals surface area (Å²) in [6, 6.07) is 11.6. The third-order valence-electron chi connectivity index (χ3n) is 2.80. The number of hydrogen-bond donors (Lipinski definition) is 1. The van der Waals surface area contributed by atoms with Gasteiger partial charge >= 0.3 is 5.97 Å². The van der Waals surface area contributed by atoms with Crippen molar-refractivity contribution in [1.29, 1.82) is 0 Å². The lowest BCUT2D eigenvalue weighted by atomic mass is 10.2. The summed E-state index contributed by atoms with van der Waals surface area (Å²) < 4.78 is 11.0. The van der Waals surface area contributed by atoms with Crippen LogP contribution in [0.1, 0.15) is 16.2 Å². The van der Waals surface area contributed by atoms with Crippen molar-refractivity contribution >= 4 is 17.1 Å². The second-order valence-corrected chi connectivity index (χ2v) is 4.29. The molecule has 5 nitrogen and oxygen atoms in total. The van der Waals surface area contributed by atoms with Crippen LogP contribution in [0.5, 0.6) is 11.5 Å². The van der Waals surface area contributed by atoms with Crippen LogP contribution in [-0.2, 0) is 0 Å². The van der Waals surface area contributed by atoms with E-state index in [9.17, 15) is 4.79 Å². The molecule has 0 spiro atoms. The van der Waals surface area contributed by atoms with Crippen LogP contribution in [-0.4, -0.2) is 16.1 Å². The first kappa shape index (κ1) is 12.2. The number of rotatable bonds is 3.